The van der Waals surface area contributed by atoms with E-state index in [2.05, 4.69) is 20.8 Å². The highest BCUT2D eigenvalue weighted by Crippen LogP contribution is 2.20. The number of hydrogen-bond acceptors (Lipinski definition) is 5. The van der Waals surface area contributed by atoms with Crippen LogP contribution in [-0.2, 0) is 4.79 Å². The maximum absolute atomic E-state index is 13.2. The van der Waals surface area contributed by atoms with E-state index in [1.165, 1.54) is 4.90 Å². The maximum Gasteiger partial charge on any atom is 0.284 e. The minimum Gasteiger partial charge on any atom is -0.385 e. The molecule has 2 N–H and O–H groups in total. The van der Waals surface area contributed by atoms with E-state index in [0.29, 0.717) is 24.5 Å². The number of nitrogens with one attached hydrogen (secondary N) is 2. The van der Waals surface area contributed by atoms with E-state index < -0.39 is 0 Å². The average molecular weight is 454 g/mol. The molecule has 164 valence electrons. The number of hydrazone groups is 1. The topological polar surface area (TPSA) is 69.1 Å². The van der Waals surface area contributed by atoms with Crippen LogP contribution in [0.3, 0.4) is 0 Å². The number of para-hydroxylation sites is 1. The lowest BCUT2D eigenvalue weighted by molar-refractivity contribution is -0.120. The third-order valence-corrected chi connectivity index (χ3v) is 5.13. The zero-order chi connectivity index (χ0) is 22.9. The molecule has 1 aliphatic heterocycles. The zero-order valence-electron chi connectivity index (χ0n) is 17.9. The minimum absolute atomic E-state index is 0.183. The van der Waals surface area contributed by atoms with Crippen LogP contribution in [0, 0.1) is 0 Å². The van der Waals surface area contributed by atoms with Crippen molar-refractivity contribution in [3.05, 3.63) is 108 Å². The molecule has 0 atom stereocenters. The summed E-state index contributed by atoms with van der Waals surface area (Å²) >= 11 is 5.50. The first-order valence-electron chi connectivity index (χ1n) is 10.6. The van der Waals surface area contributed by atoms with Gasteiger partial charge in [0.15, 0.2) is 0 Å². The van der Waals surface area contributed by atoms with Gasteiger partial charge in [-0.25, -0.2) is 9.89 Å². The monoisotopic (exact) mass is 453 g/mol. The number of amidine groups is 1. The number of thiocarbonyl (C=S) groups is 1. The molecular formula is C26H23N5OS. The summed E-state index contributed by atoms with van der Waals surface area (Å²) in [6.07, 6.45) is 3.93. The Morgan fingerprint density at radius 1 is 0.909 bits per heavy atom. The summed E-state index contributed by atoms with van der Waals surface area (Å²) in [5, 5.41) is 7.72. The second kappa shape index (κ2) is 11.0. The van der Waals surface area contributed by atoms with Crippen molar-refractivity contribution < 1.29 is 4.79 Å². The molecule has 0 aromatic heterocycles. The van der Waals surface area contributed by atoms with Crippen molar-refractivity contribution in [3.63, 3.8) is 0 Å². The van der Waals surface area contributed by atoms with Crippen LogP contribution in [0.1, 0.15) is 17.5 Å². The molecule has 6 nitrogen and oxygen atoms in total. The van der Waals surface area contributed by atoms with Gasteiger partial charge in [0, 0.05) is 18.7 Å². The summed E-state index contributed by atoms with van der Waals surface area (Å²) < 4.78 is 0. The molecule has 0 fully saturated rings. The Kier molecular flexibility index (Phi) is 7.35. The van der Waals surface area contributed by atoms with Gasteiger partial charge in [-0.2, -0.15) is 5.10 Å². The summed E-state index contributed by atoms with van der Waals surface area (Å²) in [5.74, 6) is 0.291. The summed E-state index contributed by atoms with van der Waals surface area (Å²) in [6, 6.07) is 29.1. The van der Waals surface area contributed by atoms with Crippen molar-refractivity contribution in [1.82, 2.24) is 10.3 Å². The number of carbonyl (C=O) groups excluding carboxylic acids is 1. The largest absolute Gasteiger partial charge is 0.385 e. The standard InChI is InChI=1S/C26H23N5OS/c32-25-23(18-20-10-4-1-5-11-20)29-24(16-17-27-22-14-8-3-9-15-22)31(25)26(33)30-28-19-21-12-6-2-7-13-21/h1-15,18-19,27H,16-17H2,(H,30,33)/b23-18-,28-19+. The Morgan fingerprint density at radius 2 is 1.52 bits per heavy atom. The molecule has 0 radical (unpaired) electrons. The quantitative estimate of drug-likeness (QED) is 0.236. The van der Waals surface area contributed by atoms with Crippen LogP contribution in [0.25, 0.3) is 6.08 Å². The summed E-state index contributed by atoms with van der Waals surface area (Å²) in [6.45, 7) is 0.598. The lowest BCUT2D eigenvalue weighted by Crippen LogP contribution is -2.43. The van der Waals surface area contributed by atoms with Crippen molar-refractivity contribution in [2.75, 3.05) is 11.9 Å². The van der Waals surface area contributed by atoms with E-state index >= 15 is 0 Å². The maximum atomic E-state index is 13.2. The van der Waals surface area contributed by atoms with Crippen LogP contribution in [0.4, 0.5) is 5.69 Å². The molecule has 0 spiro atoms. The van der Waals surface area contributed by atoms with Crippen LogP contribution in [-0.4, -0.2) is 34.5 Å². The Labute approximate surface area is 198 Å². The fraction of sp³-hybridized carbons (Fsp3) is 0.0769. The number of hydrogen-bond donors (Lipinski definition) is 2. The SMILES string of the molecule is O=C1/C(=C/c2ccccc2)N=C(CCNc2ccccc2)N1C(=S)N/N=C/c1ccccc1. The van der Waals surface area contributed by atoms with Gasteiger partial charge >= 0.3 is 0 Å². The third-order valence-electron chi connectivity index (χ3n) is 4.86. The zero-order valence-corrected chi connectivity index (χ0v) is 18.7. The molecule has 0 bridgehead atoms. The second-order valence-corrected chi connectivity index (χ2v) is 7.62. The Morgan fingerprint density at radius 3 is 2.18 bits per heavy atom. The molecule has 0 saturated heterocycles. The first-order valence-corrected chi connectivity index (χ1v) is 11.0. The van der Waals surface area contributed by atoms with Gasteiger partial charge in [0.05, 0.1) is 6.21 Å². The Hall–Kier alpha value is -4.10. The van der Waals surface area contributed by atoms with Crippen molar-refractivity contribution >= 4 is 47.1 Å². The van der Waals surface area contributed by atoms with Gasteiger partial charge in [0.1, 0.15) is 11.5 Å². The van der Waals surface area contributed by atoms with E-state index in [9.17, 15) is 4.79 Å². The Bertz CT molecular complexity index is 1190. The van der Waals surface area contributed by atoms with E-state index in [0.717, 1.165) is 16.8 Å². The number of benzene rings is 3. The van der Waals surface area contributed by atoms with Crippen molar-refractivity contribution in [3.8, 4) is 0 Å². The molecular weight excluding hydrogens is 430 g/mol. The highest BCUT2D eigenvalue weighted by Gasteiger charge is 2.32. The van der Waals surface area contributed by atoms with Gasteiger partial charge in [0.2, 0.25) is 5.11 Å². The van der Waals surface area contributed by atoms with Crippen LogP contribution in [0.5, 0.6) is 0 Å². The van der Waals surface area contributed by atoms with Crippen LogP contribution < -0.4 is 10.7 Å². The normalized spacial score (nSPS) is 14.5. The molecule has 0 aliphatic carbocycles. The molecule has 7 heteroatoms. The first-order chi connectivity index (χ1) is 16.2. The number of carbonyl (C=O) groups is 1. The smallest absolute Gasteiger partial charge is 0.284 e. The fourth-order valence-electron chi connectivity index (χ4n) is 3.27. The molecule has 3 aromatic rings. The van der Waals surface area contributed by atoms with Gasteiger partial charge in [-0.1, -0.05) is 78.9 Å². The van der Waals surface area contributed by atoms with Gasteiger partial charge in [0.25, 0.3) is 5.91 Å². The molecule has 33 heavy (non-hydrogen) atoms. The summed E-state index contributed by atoms with van der Waals surface area (Å²) in [5.41, 5.74) is 5.97. The fourth-order valence-corrected chi connectivity index (χ4v) is 3.51. The predicted octanol–water partition coefficient (Wildman–Crippen LogP) is 4.68. The van der Waals surface area contributed by atoms with E-state index in [1.807, 2.05) is 91.0 Å². The number of nitrogens with zero attached hydrogens (tertiary/aromatic N) is 3. The molecule has 1 aliphatic rings. The highest BCUT2D eigenvalue weighted by molar-refractivity contribution is 7.80. The van der Waals surface area contributed by atoms with Crippen molar-refractivity contribution in [2.45, 2.75) is 6.42 Å². The third kappa shape index (κ3) is 5.99. The summed E-state index contributed by atoms with van der Waals surface area (Å²) in [4.78, 5) is 19.2. The van der Waals surface area contributed by atoms with E-state index in [4.69, 9.17) is 12.2 Å². The molecule has 1 heterocycles. The molecule has 3 aromatic carbocycles. The average Bonchev–Trinajstić information content (AvgIpc) is 3.15. The van der Waals surface area contributed by atoms with Crippen LogP contribution in [0.2, 0.25) is 0 Å². The van der Waals surface area contributed by atoms with Gasteiger partial charge in [-0.3, -0.25) is 10.2 Å². The number of amides is 1. The number of aliphatic imine (C=N–C) groups is 1. The molecule has 0 saturated carbocycles. The number of anilines is 1. The number of rotatable bonds is 7. The minimum atomic E-state index is -0.277. The molecule has 4 rings (SSSR count). The lowest BCUT2D eigenvalue weighted by Gasteiger charge is -2.18. The van der Waals surface area contributed by atoms with Crippen molar-refractivity contribution in [1.29, 1.82) is 0 Å². The lowest BCUT2D eigenvalue weighted by atomic mass is 10.2. The molecule has 0 unspecified atom stereocenters. The Balaban J connectivity index is 1.49. The highest BCUT2D eigenvalue weighted by atomic mass is 32.1. The van der Waals surface area contributed by atoms with Crippen LogP contribution in [0.15, 0.2) is 107 Å². The van der Waals surface area contributed by atoms with Crippen molar-refractivity contribution in [2.24, 2.45) is 10.1 Å². The second-order valence-electron chi connectivity index (χ2n) is 7.24. The first kappa shape index (κ1) is 22.1. The summed E-state index contributed by atoms with van der Waals surface area (Å²) in [7, 11) is 0. The van der Waals surface area contributed by atoms with Gasteiger partial charge < -0.3 is 5.32 Å². The van der Waals surface area contributed by atoms with E-state index in [1.54, 1.807) is 12.3 Å². The predicted molar refractivity (Wildman–Crippen MR) is 138 cm³/mol. The van der Waals surface area contributed by atoms with Gasteiger partial charge in [-0.15, -0.1) is 0 Å². The molecule has 1 amide bonds. The van der Waals surface area contributed by atoms with Crippen LogP contribution >= 0.6 is 12.2 Å². The van der Waals surface area contributed by atoms with E-state index in [-0.39, 0.29) is 11.0 Å². The van der Waals surface area contributed by atoms with Gasteiger partial charge in [-0.05, 0) is 41.6 Å².